The van der Waals surface area contributed by atoms with Gasteiger partial charge < -0.3 is 20.2 Å². The van der Waals surface area contributed by atoms with Crippen molar-refractivity contribution in [1.82, 2.24) is 39.1 Å². The van der Waals surface area contributed by atoms with E-state index in [1.54, 1.807) is 23.7 Å². The topological polar surface area (TPSA) is 173 Å². The number of hydrogen-bond donors (Lipinski definition) is 3. The van der Waals surface area contributed by atoms with Gasteiger partial charge in [0.1, 0.15) is 12.4 Å². The van der Waals surface area contributed by atoms with E-state index in [9.17, 15) is 37.5 Å². The summed E-state index contributed by atoms with van der Waals surface area (Å²) in [5, 5.41) is 21.5. The summed E-state index contributed by atoms with van der Waals surface area (Å²) in [5.41, 5.74) is -0.282. The van der Waals surface area contributed by atoms with Gasteiger partial charge in [0.2, 0.25) is 11.8 Å². The van der Waals surface area contributed by atoms with Crippen molar-refractivity contribution < 1.29 is 32.7 Å². The second-order valence-corrected chi connectivity index (χ2v) is 17.0. The van der Waals surface area contributed by atoms with E-state index in [0.717, 1.165) is 81.9 Å². The number of imide groups is 1. The third-order valence-electron chi connectivity index (χ3n) is 12.6. The molecule has 1 saturated carbocycles. The second kappa shape index (κ2) is 15.8. The van der Waals surface area contributed by atoms with Gasteiger partial charge >= 0.3 is 11.9 Å². The first-order valence-corrected chi connectivity index (χ1v) is 20.4. The summed E-state index contributed by atoms with van der Waals surface area (Å²) in [5.74, 6) is -1.30. The molecule has 3 fully saturated rings. The van der Waals surface area contributed by atoms with Gasteiger partial charge in [0, 0.05) is 68.2 Å². The maximum absolute atomic E-state index is 13.6. The number of aromatic nitrogens is 6. The van der Waals surface area contributed by atoms with E-state index in [1.165, 1.54) is 18.4 Å². The molecular weight excluding hydrogens is 782 g/mol. The average Bonchev–Trinajstić information content (AvgIpc) is 3.74. The molecule has 60 heavy (non-hydrogen) atoms. The highest BCUT2D eigenvalue weighted by Crippen LogP contribution is 2.38. The number of rotatable bonds is 9. The summed E-state index contributed by atoms with van der Waals surface area (Å²) in [4.78, 5) is 62.8. The van der Waals surface area contributed by atoms with Crippen LogP contribution in [0.25, 0.3) is 21.9 Å². The first-order chi connectivity index (χ1) is 28.5. The van der Waals surface area contributed by atoms with E-state index in [2.05, 4.69) is 37.4 Å². The van der Waals surface area contributed by atoms with Gasteiger partial charge in [0.25, 0.3) is 5.91 Å². The number of alkyl halides is 3. The number of hydrogen-bond acceptors (Lipinski definition) is 10. The predicted octanol–water partition coefficient (Wildman–Crippen LogP) is 5.29. The minimum absolute atomic E-state index is 0.144. The Balaban J connectivity index is 0.891. The van der Waals surface area contributed by atoms with Gasteiger partial charge in [-0.25, -0.2) is 14.8 Å². The van der Waals surface area contributed by atoms with Crippen LogP contribution in [0.5, 0.6) is 0 Å². The van der Waals surface area contributed by atoms with Crippen LogP contribution in [0.4, 0.5) is 24.5 Å². The summed E-state index contributed by atoms with van der Waals surface area (Å²) < 4.78 is 45.9. The monoisotopic (exact) mass is 830 g/mol. The number of fused-ring (bicyclic) bond motifs is 2. The number of piperidine rings is 2. The van der Waals surface area contributed by atoms with Crippen LogP contribution in [-0.2, 0) is 28.4 Å². The van der Waals surface area contributed by atoms with Gasteiger partial charge in [-0.2, -0.15) is 18.3 Å². The van der Waals surface area contributed by atoms with Crippen LogP contribution in [0.2, 0.25) is 0 Å². The van der Waals surface area contributed by atoms with Crippen LogP contribution in [0.3, 0.4) is 0 Å². The molecule has 3 aromatic heterocycles. The quantitative estimate of drug-likeness (QED) is 0.166. The standard InChI is InChI=1S/C42H49F3N10O5/c1-41(2,60)29-19-30-25(18-31(29)48-38(57)28-20-46-23-47-37(28)42(43,44)45)22-54(50-30)27-10-8-24(9-11-27)21-51(3)26-14-16-53(17-15-26)32-6-5-7-33-36(32)52(4)40(59)55(33)34-12-13-35(56)49-39(34)58/h5-7,18-20,22-24,26-27,34,60H,8-17,21H2,1-4H3,(H,48,57)(H,49,56,58). The Hall–Kier alpha value is -5.62. The summed E-state index contributed by atoms with van der Waals surface area (Å²) in [6, 6.07) is 8.93. The molecule has 3 aliphatic rings. The minimum Gasteiger partial charge on any atom is -0.386 e. The SMILES string of the molecule is CN(CC1CCC(n2cc3cc(NC(=O)c4cncnc4C(F)(F)F)c(C(C)(C)O)cc3n2)CC1)C1CCN(c2cccc3c2n(C)c(=O)n3C2CCC(=O)NC2=O)CC1. The molecule has 2 saturated heterocycles. The van der Waals surface area contributed by atoms with Gasteiger partial charge in [0.15, 0.2) is 5.69 Å². The summed E-state index contributed by atoms with van der Waals surface area (Å²) in [6.45, 7) is 5.68. The summed E-state index contributed by atoms with van der Waals surface area (Å²) >= 11 is 0. The molecule has 5 heterocycles. The first kappa shape index (κ1) is 41.1. The number of halogens is 3. The van der Waals surface area contributed by atoms with Crippen LogP contribution in [0, 0.1) is 5.92 Å². The van der Waals surface area contributed by atoms with Crippen molar-refractivity contribution in [1.29, 1.82) is 0 Å². The number of amides is 3. The largest absolute Gasteiger partial charge is 0.434 e. The van der Waals surface area contributed by atoms with Crippen LogP contribution >= 0.6 is 0 Å². The zero-order chi connectivity index (χ0) is 42.7. The van der Waals surface area contributed by atoms with Crippen LogP contribution < -0.4 is 21.2 Å². The fourth-order valence-corrected chi connectivity index (χ4v) is 9.40. The van der Waals surface area contributed by atoms with Crippen molar-refractivity contribution in [3.05, 3.63) is 76.4 Å². The Morgan fingerprint density at radius 3 is 2.45 bits per heavy atom. The van der Waals surface area contributed by atoms with Gasteiger partial charge in [-0.1, -0.05) is 6.07 Å². The van der Waals surface area contributed by atoms with Crippen LogP contribution in [0.1, 0.15) is 98.9 Å². The van der Waals surface area contributed by atoms with E-state index < -0.39 is 40.9 Å². The van der Waals surface area contributed by atoms with Gasteiger partial charge in [-0.15, -0.1) is 0 Å². The van der Waals surface area contributed by atoms with Gasteiger partial charge in [0.05, 0.1) is 39.4 Å². The molecule has 318 valence electrons. The Bertz CT molecular complexity index is 2520. The first-order valence-electron chi connectivity index (χ1n) is 20.4. The molecule has 15 nitrogen and oxygen atoms in total. The van der Waals surface area contributed by atoms with E-state index in [-0.39, 0.29) is 36.2 Å². The average molecular weight is 831 g/mol. The van der Waals surface area contributed by atoms with Crippen molar-refractivity contribution in [2.75, 3.05) is 36.9 Å². The number of aryl methyl sites for hydroxylation is 1. The van der Waals surface area contributed by atoms with Crippen molar-refractivity contribution >= 4 is 51.0 Å². The van der Waals surface area contributed by atoms with E-state index in [1.807, 2.05) is 29.1 Å². The maximum atomic E-state index is 13.6. The number of carbonyl (C=O) groups excluding carboxylic acids is 3. The van der Waals surface area contributed by atoms with E-state index in [0.29, 0.717) is 33.9 Å². The molecule has 0 bridgehead atoms. The number of nitrogens with one attached hydrogen (secondary N) is 2. The summed E-state index contributed by atoms with van der Waals surface area (Å²) in [7, 11) is 3.93. The molecule has 1 aliphatic carbocycles. The molecule has 0 spiro atoms. The lowest BCUT2D eigenvalue weighted by Crippen LogP contribution is -2.45. The fourth-order valence-electron chi connectivity index (χ4n) is 9.40. The molecule has 3 N–H and O–H groups in total. The molecule has 3 amide bonds. The molecule has 2 aromatic carbocycles. The minimum atomic E-state index is -4.86. The Morgan fingerprint density at radius 1 is 1.03 bits per heavy atom. The van der Waals surface area contributed by atoms with Crippen molar-refractivity contribution in [3.63, 3.8) is 0 Å². The Morgan fingerprint density at radius 2 is 1.77 bits per heavy atom. The molecule has 2 aliphatic heterocycles. The normalized spacial score (nSPS) is 20.9. The van der Waals surface area contributed by atoms with Crippen molar-refractivity contribution in [2.45, 2.75) is 95.1 Å². The third kappa shape index (κ3) is 7.89. The van der Waals surface area contributed by atoms with E-state index in [4.69, 9.17) is 5.10 Å². The third-order valence-corrected chi connectivity index (χ3v) is 12.6. The number of para-hydroxylation sites is 1. The number of imidazole rings is 1. The smallest absolute Gasteiger partial charge is 0.386 e. The zero-order valence-corrected chi connectivity index (χ0v) is 34.0. The molecule has 5 aromatic rings. The lowest BCUT2D eigenvalue weighted by Gasteiger charge is -2.40. The number of aliphatic hydroxyl groups is 1. The lowest BCUT2D eigenvalue weighted by molar-refractivity contribution is -0.141. The summed E-state index contributed by atoms with van der Waals surface area (Å²) in [6.07, 6.45) is 4.86. The Labute approximate surface area is 343 Å². The number of benzene rings is 2. The van der Waals surface area contributed by atoms with Crippen LogP contribution in [0.15, 0.2) is 53.8 Å². The van der Waals surface area contributed by atoms with Gasteiger partial charge in [-0.3, -0.25) is 33.5 Å². The second-order valence-electron chi connectivity index (χ2n) is 17.0. The fraction of sp³-hybridized carbons (Fsp3) is 0.500. The lowest BCUT2D eigenvalue weighted by atomic mass is 9.85. The Kier molecular flexibility index (Phi) is 10.8. The van der Waals surface area contributed by atoms with Crippen molar-refractivity contribution in [2.24, 2.45) is 13.0 Å². The van der Waals surface area contributed by atoms with Crippen molar-refractivity contribution in [3.8, 4) is 0 Å². The highest BCUT2D eigenvalue weighted by molar-refractivity contribution is 6.06. The predicted molar refractivity (Wildman–Crippen MR) is 217 cm³/mol. The van der Waals surface area contributed by atoms with Gasteiger partial charge in [-0.05, 0) is 96.0 Å². The molecule has 1 atom stereocenters. The molecular formula is C42H49F3N10O5. The number of anilines is 2. The zero-order valence-electron chi connectivity index (χ0n) is 34.0. The number of carbonyl (C=O) groups is 3. The molecule has 0 radical (unpaired) electrons. The maximum Gasteiger partial charge on any atom is 0.434 e. The highest BCUT2D eigenvalue weighted by atomic mass is 19.4. The molecule has 1 unspecified atom stereocenters. The van der Waals surface area contributed by atoms with E-state index >= 15 is 0 Å². The highest BCUT2D eigenvalue weighted by Gasteiger charge is 2.38. The molecule has 18 heteroatoms. The molecule has 8 rings (SSSR count). The number of nitrogens with zero attached hydrogens (tertiary/aromatic N) is 8. The van der Waals surface area contributed by atoms with Crippen LogP contribution in [-0.4, -0.2) is 89.3 Å².